The molecule has 31 heavy (non-hydrogen) atoms. The summed E-state index contributed by atoms with van der Waals surface area (Å²) in [6, 6.07) is 10.3. The lowest BCUT2D eigenvalue weighted by Crippen LogP contribution is -2.27. The van der Waals surface area contributed by atoms with Gasteiger partial charge in [0.1, 0.15) is 10.8 Å². The largest absolute Gasteiger partial charge is 0.435 e. The fraction of sp³-hybridized carbons (Fsp3) is 0.158. The van der Waals surface area contributed by atoms with Crippen molar-refractivity contribution in [1.29, 1.82) is 0 Å². The first-order valence-corrected chi connectivity index (χ1v) is 10.9. The summed E-state index contributed by atoms with van der Waals surface area (Å²) >= 11 is 11.6. The monoisotopic (exact) mass is 489 g/mol. The molecule has 0 amide bonds. The van der Waals surface area contributed by atoms with E-state index in [1.54, 1.807) is 13.0 Å². The highest BCUT2D eigenvalue weighted by molar-refractivity contribution is 7.89. The number of hydrogen-bond donors (Lipinski definition) is 1. The molecule has 0 saturated carbocycles. The van der Waals surface area contributed by atoms with Gasteiger partial charge in [-0.15, -0.1) is 0 Å². The zero-order valence-electron chi connectivity index (χ0n) is 15.8. The van der Waals surface area contributed by atoms with Gasteiger partial charge >= 0.3 is 6.61 Å². The summed E-state index contributed by atoms with van der Waals surface area (Å²) in [6.07, 6.45) is 1.20. The highest BCUT2D eigenvalue weighted by Crippen LogP contribution is 2.23. The molecule has 0 bridgehead atoms. The van der Waals surface area contributed by atoms with Gasteiger partial charge in [-0.05, 0) is 48.9 Å². The molecule has 3 aromatic rings. The third kappa shape index (κ3) is 5.40. The molecule has 0 aliphatic heterocycles. The molecule has 0 saturated heterocycles. The second-order valence-electron chi connectivity index (χ2n) is 6.31. The zero-order valence-corrected chi connectivity index (χ0v) is 18.1. The third-order valence-electron chi connectivity index (χ3n) is 4.18. The molecule has 12 heteroatoms. The standard InChI is InChI=1S/C19H15Cl2F2N3O4S/c1-11(12-3-2-4-14(9-12)30-19(22)23)25-31(28,29)15-7-5-13(6-8-15)26-18(27)17(21)16(20)10-24-26/h2-11,19,25H,1H3. The number of rotatable bonds is 7. The van der Waals surface area contributed by atoms with Gasteiger partial charge in [-0.2, -0.15) is 18.6 Å². The number of ether oxygens (including phenoxy) is 1. The van der Waals surface area contributed by atoms with Crippen molar-refractivity contribution in [3.8, 4) is 11.4 Å². The maximum atomic E-state index is 12.7. The van der Waals surface area contributed by atoms with E-state index in [4.69, 9.17) is 23.2 Å². The molecule has 2 aromatic carbocycles. The SMILES string of the molecule is CC(NS(=O)(=O)c1ccc(-n2ncc(Cl)c(Cl)c2=O)cc1)c1cccc(OC(F)F)c1. The van der Waals surface area contributed by atoms with Gasteiger partial charge in [0, 0.05) is 6.04 Å². The van der Waals surface area contributed by atoms with Crippen molar-refractivity contribution in [1.82, 2.24) is 14.5 Å². The van der Waals surface area contributed by atoms with E-state index >= 15 is 0 Å². The highest BCUT2D eigenvalue weighted by Gasteiger charge is 2.19. The van der Waals surface area contributed by atoms with Crippen molar-refractivity contribution in [3.05, 3.63) is 80.7 Å². The second kappa shape index (κ2) is 9.31. The Labute approximate surface area is 186 Å². The number of halogens is 4. The lowest BCUT2D eigenvalue weighted by atomic mass is 10.1. The van der Waals surface area contributed by atoms with Crippen molar-refractivity contribution in [2.24, 2.45) is 0 Å². The molecule has 3 rings (SSSR count). The van der Waals surface area contributed by atoms with Crippen LogP contribution in [-0.2, 0) is 10.0 Å². The van der Waals surface area contributed by atoms with Crippen LogP contribution < -0.4 is 15.0 Å². The summed E-state index contributed by atoms with van der Waals surface area (Å²) in [5, 5.41) is 3.67. The van der Waals surface area contributed by atoms with Gasteiger partial charge in [0.25, 0.3) is 5.56 Å². The topological polar surface area (TPSA) is 90.3 Å². The Bertz CT molecular complexity index is 1250. The molecule has 0 spiro atoms. The van der Waals surface area contributed by atoms with Crippen LogP contribution in [0.25, 0.3) is 5.69 Å². The van der Waals surface area contributed by atoms with E-state index in [-0.39, 0.29) is 26.4 Å². The molecular formula is C19H15Cl2F2N3O4S. The molecule has 1 atom stereocenters. The van der Waals surface area contributed by atoms with Crippen LogP contribution in [0.2, 0.25) is 10.0 Å². The highest BCUT2D eigenvalue weighted by atomic mass is 35.5. The summed E-state index contributed by atoms with van der Waals surface area (Å²) in [6.45, 7) is -1.43. The fourth-order valence-electron chi connectivity index (χ4n) is 2.69. The lowest BCUT2D eigenvalue weighted by Gasteiger charge is -2.16. The number of nitrogens with zero attached hydrogens (tertiary/aromatic N) is 2. The summed E-state index contributed by atoms with van der Waals surface area (Å²) in [5.41, 5.74) is 0.0692. The number of benzene rings is 2. The van der Waals surface area contributed by atoms with Crippen molar-refractivity contribution in [2.75, 3.05) is 0 Å². The Morgan fingerprint density at radius 3 is 2.45 bits per heavy atom. The predicted molar refractivity (Wildman–Crippen MR) is 112 cm³/mol. The van der Waals surface area contributed by atoms with Gasteiger partial charge in [-0.3, -0.25) is 4.79 Å². The molecular weight excluding hydrogens is 475 g/mol. The Morgan fingerprint density at radius 2 is 1.81 bits per heavy atom. The van der Waals surface area contributed by atoms with E-state index in [1.165, 1.54) is 48.7 Å². The minimum atomic E-state index is -3.96. The third-order valence-corrected chi connectivity index (χ3v) is 6.49. The average molecular weight is 490 g/mol. The second-order valence-corrected chi connectivity index (χ2v) is 8.81. The Balaban J connectivity index is 1.81. The van der Waals surface area contributed by atoms with Crippen LogP contribution in [0.1, 0.15) is 18.5 Å². The number of alkyl halides is 2. The Morgan fingerprint density at radius 1 is 1.13 bits per heavy atom. The molecule has 1 aromatic heterocycles. The van der Waals surface area contributed by atoms with Crippen LogP contribution >= 0.6 is 23.2 Å². The smallest absolute Gasteiger partial charge is 0.387 e. The van der Waals surface area contributed by atoms with Crippen LogP contribution in [0.4, 0.5) is 8.78 Å². The first-order chi connectivity index (χ1) is 14.6. The maximum Gasteiger partial charge on any atom is 0.387 e. The van der Waals surface area contributed by atoms with Crippen LogP contribution in [-0.4, -0.2) is 24.8 Å². The molecule has 1 heterocycles. The molecule has 164 valence electrons. The van der Waals surface area contributed by atoms with Crippen molar-refractivity contribution >= 4 is 33.2 Å². The van der Waals surface area contributed by atoms with Gasteiger partial charge in [-0.25, -0.2) is 13.1 Å². The van der Waals surface area contributed by atoms with Crippen LogP contribution in [0.3, 0.4) is 0 Å². The minimum Gasteiger partial charge on any atom is -0.435 e. The van der Waals surface area contributed by atoms with E-state index in [0.29, 0.717) is 5.56 Å². The summed E-state index contributed by atoms with van der Waals surface area (Å²) in [7, 11) is -3.96. The molecule has 7 nitrogen and oxygen atoms in total. The minimum absolute atomic E-state index is 0.00308. The number of aromatic nitrogens is 2. The Hall–Kier alpha value is -2.53. The van der Waals surface area contributed by atoms with Gasteiger partial charge < -0.3 is 4.74 Å². The van der Waals surface area contributed by atoms with E-state index in [0.717, 1.165) is 4.68 Å². The van der Waals surface area contributed by atoms with E-state index in [2.05, 4.69) is 14.6 Å². The van der Waals surface area contributed by atoms with Gasteiger partial charge in [-0.1, -0.05) is 35.3 Å². The van der Waals surface area contributed by atoms with E-state index in [1.807, 2.05) is 0 Å². The normalized spacial score (nSPS) is 12.7. The molecule has 0 aliphatic rings. The van der Waals surface area contributed by atoms with Gasteiger partial charge in [0.15, 0.2) is 0 Å². The number of hydrogen-bond acceptors (Lipinski definition) is 5. The molecule has 0 radical (unpaired) electrons. The van der Waals surface area contributed by atoms with Gasteiger partial charge in [0.05, 0.1) is 21.8 Å². The maximum absolute atomic E-state index is 12.7. The van der Waals surface area contributed by atoms with Crippen molar-refractivity contribution in [3.63, 3.8) is 0 Å². The van der Waals surface area contributed by atoms with E-state index < -0.39 is 28.2 Å². The van der Waals surface area contributed by atoms with E-state index in [9.17, 15) is 22.0 Å². The molecule has 0 fully saturated rings. The first kappa shape index (κ1) is 23.1. The molecule has 0 aliphatic carbocycles. The number of nitrogens with one attached hydrogen (secondary N) is 1. The lowest BCUT2D eigenvalue weighted by molar-refractivity contribution is -0.0499. The predicted octanol–water partition coefficient (Wildman–Crippen LogP) is 4.18. The quantitative estimate of drug-likeness (QED) is 0.537. The van der Waals surface area contributed by atoms with Crippen molar-refractivity contribution < 1.29 is 21.9 Å². The number of sulfonamides is 1. The molecule has 1 N–H and O–H groups in total. The van der Waals surface area contributed by atoms with Crippen LogP contribution in [0.5, 0.6) is 5.75 Å². The van der Waals surface area contributed by atoms with Crippen LogP contribution in [0.15, 0.2) is 64.4 Å². The van der Waals surface area contributed by atoms with Crippen LogP contribution in [0, 0.1) is 0 Å². The zero-order chi connectivity index (χ0) is 22.8. The fourth-order valence-corrected chi connectivity index (χ4v) is 4.18. The summed E-state index contributed by atoms with van der Waals surface area (Å²) < 4.78 is 58.0. The average Bonchev–Trinajstić information content (AvgIpc) is 2.72. The van der Waals surface area contributed by atoms with Crippen molar-refractivity contribution in [2.45, 2.75) is 24.5 Å². The first-order valence-electron chi connectivity index (χ1n) is 8.69. The Kier molecular flexibility index (Phi) is 6.95. The van der Waals surface area contributed by atoms with Gasteiger partial charge in [0.2, 0.25) is 10.0 Å². The summed E-state index contributed by atoms with van der Waals surface area (Å²) in [4.78, 5) is 12.1. The molecule has 1 unspecified atom stereocenters. The summed E-state index contributed by atoms with van der Waals surface area (Å²) in [5.74, 6) is -0.0810.